The second-order valence-corrected chi connectivity index (χ2v) is 10.0. The number of amides is 3. The van der Waals surface area contributed by atoms with E-state index in [-0.39, 0.29) is 35.0 Å². The molecule has 6 aliphatic rings. The fraction of sp³-hybridized carbons (Fsp3) is 0.773. The minimum atomic E-state index is -0.704. The van der Waals surface area contributed by atoms with Crippen molar-refractivity contribution in [3.63, 3.8) is 0 Å². The summed E-state index contributed by atoms with van der Waals surface area (Å²) < 4.78 is 0. The predicted molar refractivity (Wildman–Crippen MR) is 100 cm³/mol. The molecule has 0 unspecified atom stereocenters. The van der Waals surface area contributed by atoms with Crippen LogP contribution in [0.25, 0.3) is 0 Å². The van der Waals surface area contributed by atoms with E-state index in [4.69, 9.17) is 0 Å². The first kappa shape index (κ1) is 17.4. The van der Waals surface area contributed by atoms with Gasteiger partial charge in [0.05, 0.1) is 11.8 Å². The summed E-state index contributed by atoms with van der Waals surface area (Å²) in [6.07, 6.45) is 13.1. The van der Waals surface area contributed by atoms with E-state index >= 15 is 0 Å². The Labute approximate surface area is 160 Å². The van der Waals surface area contributed by atoms with E-state index in [0.717, 1.165) is 17.8 Å². The van der Waals surface area contributed by atoms with Crippen molar-refractivity contribution in [2.24, 2.45) is 35.0 Å². The number of hydrogen-bond acceptors (Lipinski definition) is 3. The summed E-state index contributed by atoms with van der Waals surface area (Å²) in [4.78, 5) is 39.5. The van der Waals surface area contributed by atoms with Crippen LogP contribution in [0.15, 0.2) is 12.2 Å². The first-order valence-corrected chi connectivity index (χ1v) is 10.8. The number of carbonyl (C=O) groups is 3. The van der Waals surface area contributed by atoms with Crippen LogP contribution in [-0.2, 0) is 14.4 Å². The molecule has 3 atom stereocenters. The van der Waals surface area contributed by atoms with Gasteiger partial charge in [0.25, 0.3) is 0 Å². The van der Waals surface area contributed by atoms with Crippen molar-refractivity contribution in [2.75, 3.05) is 6.54 Å². The largest absolute Gasteiger partial charge is 0.354 e. The van der Waals surface area contributed by atoms with E-state index in [1.165, 1.54) is 43.4 Å². The zero-order valence-corrected chi connectivity index (χ0v) is 16.2. The molecule has 3 amide bonds. The van der Waals surface area contributed by atoms with Crippen LogP contribution in [0.3, 0.4) is 0 Å². The first-order chi connectivity index (χ1) is 13.0. The van der Waals surface area contributed by atoms with E-state index < -0.39 is 6.04 Å². The lowest BCUT2D eigenvalue weighted by molar-refractivity contribution is -0.147. The summed E-state index contributed by atoms with van der Waals surface area (Å²) in [7, 11) is 0. The van der Waals surface area contributed by atoms with Crippen LogP contribution >= 0.6 is 0 Å². The number of rotatable bonds is 4. The van der Waals surface area contributed by atoms with Gasteiger partial charge < -0.3 is 5.32 Å². The molecule has 4 saturated carbocycles. The Bertz CT molecular complexity index is 651. The summed E-state index contributed by atoms with van der Waals surface area (Å²) in [6.45, 7) is 2.42. The Morgan fingerprint density at radius 3 is 2.00 bits per heavy atom. The summed E-state index contributed by atoms with van der Waals surface area (Å²) in [5.41, 5.74) is 0.265. The SMILES string of the molecule is C[C@@H](C(=O)NCC12CC3CC(CC(C3)C1)C2)N1C(=O)[C@H]2CC=CC[C@@H]2C1=O. The lowest BCUT2D eigenvalue weighted by atomic mass is 9.49. The standard InChI is InChI=1S/C22H30N2O3/c1-13(24-20(26)17-4-2-3-5-18(17)21(24)27)19(25)23-12-22-9-14-6-15(10-22)8-16(7-14)11-22/h2-3,13-18H,4-12H2,1H3,(H,23,25)/t13-,14?,15?,16?,17-,18-,22?/m0/s1. The third-order valence-corrected chi connectivity index (χ3v) is 8.11. The first-order valence-electron chi connectivity index (χ1n) is 10.8. The molecule has 1 heterocycles. The maximum atomic E-state index is 12.8. The zero-order valence-electron chi connectivity index (χ0n) is 16.2. The fourth-order valence-corrected chi connectivity index (χ4v) is 7.25. The van der Waals surface area contributed by atoms with E-state index in [0.29, 0.717) is 19.4 Å². The van der Waals surface area contributed by atoms with Crippen molar-refractivity contribution in [3.05, 3.63) is 12.2 Å². The molecule has 0 aromatic heterocycles. The average Bonchev–Trinajstić information content (AvgIpc) is 2.89. The van der Waals surface area contributed by atoms with Crippen LogP contribution < -0.4 is 5.32 Å². The van der Waals surface area contributed by atoms with Crippen molar-refractivity contribution in [1.29, 1.82) is 0 Å². The number of allylic oxidation sites excluding steroid dienone is 2. The monoisotopic (exact) mass is 370 g/mol. The highest BCUT2D eigenvalue weighted by Gasteiger charge is 2.52. The van der Waals surface area contributed by atoms with Crippen molar-refractivity contribution in [3.8, 4) is 0 Å². The van der Waals surface area contributed by atoms with E-state index in [1.54, 1.807) is 6.92 Å². The van der Waals surface area contributed by atoms with E-state index in [1.807, 2.05) is 12.2 Å². The Morgan fingerprint density at radius 1 is 1.04 bits per heavy atom. The molecule has 0 radical (unpaired) electrons. The number of likely N-dealkylation sites (tertiary alicyclic amines) is 1. The minimum absolute atomic E-state index is 0.160. The van der Waals surface area contributed by atoms with Crippen molar-refractivity contribution >= 4 is 17.7 Å². The molecule has 0 aromatic carbocycles. The number of fused-ring (bicyclic) bond motifs is 1. The van der Waals surface area contributed by atoms with Gasteiger partial charge in [-0.25, -0.2) is 0 Å². The lowest BCUT2D eigenvalue weighted by Crippen LogP contribution is -2.54. The van der Waals surface area contributed by atoms with Crippen molar-refractivity contribution in [2.45, 2.75) is 64.3 Å². The summed E-state index contributed by atoms with van der Waals surface area (Å²) in [6, 6.07) is -0.704. The van der Waals surface area contributed by atoms with Gasteiger partial charge >= 0.3 is 0 Å². The zero-order chi connectivity index (χ0) is 18.8. The van der Waals surface area contributed by atoms with E-state index in [2.05, 4.69) is 5.32 Å². The third-order valence-electron chi connectivity index (χ3n) is 8.11. The van der Waals surface area contributed by atoms with Crippen LogP contribution in [0.2, 0.25) is 0 Å². The van der Waals surface area contributed by atoms with Crippen LogP contribution in [0.1, 0.15) is 58.3 Å². The van der Waals surface area contributed by atoms with Gasteiger partial charge in [0.2, 0.25) is 17.7 Å². The van der Waals surface area contributed by atoms with Crippen LogP contribution in [0.4, 0.5) is 0 Å². The van der Waals surface area contributed by atoms with Gasteiger partial charge in [-0.2, -0.15) is 0 Å². The van der Waals surface area contributed by atoms with Gasteiger partial charge in [-0.3, -0.25) is 19.3 Å². The molecular weight excluding hydrogens is 340 g/mol. The molecule has 1 saturated heterocycles. The maximum absolute atomic E-state index is 12.8. The second-order valence-electron chi connectivity index (χ2n) is 10.0. The fourth-order valence-electron chi connectivity index (χ4n) is 7.25. The Kier molecular flexibility index (Phi) is 3.99. The van der Waals surface area contributed by atoms with Gasteiger partial charge in [-0.15, -0.1) is 0 Å². The van der Waals surface area contributed by atoms with Crippen molar-refractivity contribution < 1.29 is 14.4 Å². The number of nitrogens with zero attached hydrogens (tertiary/aromatic N) is 1. The highest BCUT2D eigenvalue weighted by atomic mass is 16.2. The number of imide groups is 1. The molecule has 1 N–H and O–H groups in total. The number of nitrogens with one attached hydrogen (secondary N) is 1. The van der Waals surface area contributed by atoms with Crippen molar-refractivity contribution in [1.82, 2.24) is 10.2 Å². The normalized spacial score (nSPS) is 43.1. The van der Waals surface area contributed by atoms with Gasteiger partial charge in [0.15, 0.2) is 0 Å². The molecular formula is C22H30N2O3. The second kappa shape index (κ2) is 6.18. The molecule has 0 aromatic rings. The lowest BCUT2D eigenvalue weighted by Gasteiger charge is -2.57. The molecule has 5 fully saturated rings. The molecule has 6 rings (SSSR count). The Hall–Kier alpha value is -1.65. The highest BCUT2D eigenvalue weighted by molar-refractivity contribution is 6.08. The summed E-state index contributed by atoms with van der Waals surface area (Å²) in [5, 5.41) is 3.14. The van der Waals surface area contributed by atoms with Crippen LogP contribution in [0.5, 0.6) is 0 Å². The molecule has 5 heteroatoms. The van der Waals surface area contributed by atoms with Crippen LogP contribution in [-0.4, -0.2) is 35.2 Å². The van der Waals surface area contributed by atoms with Gasteiger partial charge in [-0.1, -0.05) is 12.2 Å². The predicted octanol–water partition coefficient (Wildman–Crippen LogP) is 2.66. The quantitative estimate of drug-likeness (QED) is 0.611. The number of carbonyl (C=O) groups excluding carboxylic acids is 3. The van der Waals surface area contributed by atoms with Crippen LogP contribution in [0, 0.1) is 35.0 Å². The summed E-state index contributed by atoms with van der Waals surface area (Å²) >= 11 is 0. The molecule has 146 valence electrons. The highest BCUT2D eigenvalue weighted by Crippen LogP contribution is 2.59. The van der Waals surface area contributed by atoms with Gasteiger partial charge in [0.1, 0.15) is 6.04 Å². The molecule has 4 bridgehead atoms. The average molecular weight is 370 g/mol. The smallest absolute Gasteiger partial charge is 0.243 e. The van der Waals surface area contributed by atoms with E-state index in [9.17, 15) is 14.4 Å². The third kappa shape index (κ3) is 2.76. The number of hydrogen-bond donors (Lipinski definition) is 1. The minimum Gasteiger partial charge on any atom is -0.354 e. The molecule has 1 aliphatic heterocycles. The maximum Gasteiger partial charge on any atom is 0.243 e. The Morgan fingerprint density at radius 2 is 1.52 bits per heavy atom. The Balaban J connectivity index is 1.24. The molecule has 0 spiro atoms. The topological polar surface area (TPSA) is 66.5 Å². The molecule has 5 nitrogen and oxygen atoms in total. The summed E-state index contributed by atoms with van der Waals surface area (Å²) in [5.74, 6) is 1.54. The molecule has 27 heavy (non-hydrogen) atoms. The van der Waals surface area contributed by atoms with Gasteiger partial charge in [0, 0.05) is 6.54 Å². The van der Waals surface area contributed by atoms with Gasteiger partial charge in [-0.05, 0) is 81.5 Å². The molecule has 5 aliphatic carbocycles.